The van der Waals surface area contributed by atoms with Crippen LogP contribution >= 0.6 is 0 Å². The molecule has 0 radical (unpaired) electrons. The summed E-state index contributed by atoms with van der Waals surface area (Å²) >= 11 is 0. The van der Waals surface area contributed by atoms with E-state index in [4.69, 9.17) is 14.4 Å². The van der Waals surface area contributed by atoms with Crippen LogP contribution in [0.4, 0.5) is 0 Å². The average molecular weight is 640 g/mol. The van der Waals surface area contributed by atoms with Crippen LogP contribution in [0.1, 0.15) is 0 Å². The van der Waals surface area contributed by atoms with Gasteiger partial charge in [-0.1, -0.05) is 133 Å². The number of rotatable bonds is 5. The van der Waals surface area contributed by atoms with Crippen LogP contribution in [0.3, 0.4) is 0 Å². The zero-order valence-electron chi connectivity index (χ0n) is 27.0. The summed E-state index contributed by atoms with van der Waals surface area (Å²) in [4.78, 5) is 10.1. The summed E-state index contributed by atoms with van der Waals surface area (Å²) in [7, 11) is 0. The number of para-hydroxylation sites is 3. The van der Waals surface area contributed by atoms with Crippen molar-refractivity contribution >= 4 is 43.7 Å². The molecule has 0 N–H and O–H groups in total. The van der Waals surface area contributed by atoms with Crippen LogP contribution in [0.2, 0.25) is 0 Å². The van der Waals surface area contributed by atoms with Gasteiger partial charge in [-0.15, -0.1) is 0 Å². The quantitative estimate of drug-likeness (QED) is 0.188. The van der Waals surface area contributed by atoms with Crippen molar-refractivity contribution in [2.45, 2.75) is 0 Å². The first-order valence-electron chi connectivity index (χ1n) is 16.8. The minimum atomic E-state index is 0.679. The second-order valence-electron chi connectivity index (χ2n) is 12.6. The first-order chi connectivity index (χ1) is 24.8. The van der Waals surface area contributed by atoms with E-state index in [0.717, 1.165) is 66.8 Å². The molecule has 10 aromatic rings. The second-order valence-corrected chi connectivity index (χ2v) is 12.6. The second kappa shape index (κ2) is 11.4. The number of furan rings is 1. The standard InChI is InChI=1S/C46H29N3O/c1-4-14-30(15-5-1)39-29-40(48-46(47-39)31-16-6-2-7-17-31)37-22-12-23-38-44-34(21-13-25-43(44)50-45(37)38)32-26-27-36-35-20-10-11-24-41(35)49(42(36)28-32)33-18-8-3-9-19-33/h1-29H. The molecule has 0 spiro atoms. The van der Waals surface area contributed by atoms with Crippen LogP contribution in [-0.2, 0) is 0 Å². The third-order valence-electron chi connectivity index (χ3n) is 9.63. The van der Waals surface area contributed by atoms with Gasteiger partial charge in [-0.05, 0) is 53.6 Å². The molecule has 0 aliphatic carbocycles. The summed E-state index contributed by atoms with van der Waals surface area (Å²) in [6, 6.07) is 61.3. The molecule has 3 aromatic heterocycles. The Morgan fingerprint density at radius 2 is 1.06 bits per heavy atom. The topological polar surface area (TPSA) is 43.9 Å². The van der Waals surface area contributed by atoms with Gasteiger partial charge >= 0.3 is 0 Å². The van der Waals surface area contributed by atoms with Crippen molar-refractivity contribution in [2.24, 2.45) is 0 Å². The summed E-state index contributed by atoms with van der Waals surface area (Å²) in [6.07, 6.45) is 0. The van der Waals surface area contributed by atoms with E-state index in [1.165, 1.54) is 21.8 Å². The smallest absolute Gasteiger partial charge is 0.160 e. The predicted octanol–water partition coefficient (Wildman–Crippen LogP) is 12.1. The number of hydrogen-bond acceptors (Lipinski definition) is 3. The molecule has 50 heavy (non-hydrogen) atoms. The fourth-order valence-corrected chi connectivity index (χ4v) is 7.34. The Balaban J connectivity index is 1.19. The maximum atomic E-state index is 6.75. The fraction of sp³-hybridized carbons (Fsp3) is 0. The van der Waals surface area contributed by atoms with Crippen LogP contribution in [0, 0.1) is 0 Å². The van der Waals surface area contributed by atoms with Crippen molar-refractivity contribution in [1.29, 1.82) is 0 Å². The molecule has 0 unspecified atom stereocenters. The van der Waals surface area contributed by atoms with Crippen LogP contribution in [0.25, 0.3) is 94.5 Å². The zero-order chi connectivity index (χ0) is 33.0. The normalized spacial score (nSPS) is 11.6. The van der Waals surface area contributed by atoms with Crippen LogP contribution < -0.4 is 0 Å². The molecule has 10 rings (SSSR count). The Labute approximate surface area is 288 Å². The predicted molar refractivity (Wildman–Crippen MR) is 205 cm³/mol. The molecule has 0 aliphatic rings. The molecule has 0 amide bonds. The van der Waals surface area contributed by atoms with Crippen molar-refractivity contribution in [1.82, 2.24) is 14.5 Å². The van der Waals surface area contributed by atoms with Gasteiger partial charge in [0.05, 0.1) is 22.4 Å². The summed E-state index contributed by atoms with van der Waals surface area (Å²) < 4.78 is 9.12. The Morgan fingerprint density at radius 1 is 0.420 bits per heavy atom. The van der Waals surface area contributed by atoms with Gasteiger partial charge in [0, 0.05) is 43.9 Å². The van der Waals surface area contributed by atoms with E-state index < -0.39 is 0 Å². The van der Waals surface area contributed by atoms with E-state index in [0.29, 0.717) is 5.82 Å². The Bertz CT molecular complexity index is 2800. The minimum Gasteiger partial charge on any atom is -0.455 e. The average Bonchev–Trinajstić information content (AvgIpc) is 3.74. The zero-order valence-corrected chi connectivity index (χ0v) is 27.0. The number of fused-ring (bicyclic) bond motifs is 6. The lowest BCUT2D eigenvalue weighted by Crippen LogP contribution is -1.96. The van der Waals surface area contributed by atoms with E-state index in [1.54, 1.807) is 0 Å². The molecule has 4 nitrogen and oxygen atoms in total. The van der Waals surface area contributed by atoms with Gasteiger partial charge in [-0.2, -0.15) is 0 Å². The molecule has 7 aromatic carbocycles. The SMILES string of the molecule is c1ccc(-c2cc(-c3cccc4c3oc3cccc(-c5ccc6c7ccccc7n(-c7ccccc7)c6c5)c34)nc(-c3ccccc3)n2)cc1. The molecule has 0 saturated carbocycles. The molecule has 0 aliphatic heterocycles. The number of aromatic nitrogens is 3. The van der Waals surface area contributed by atoms with E-state index >= 15 is 0 Å². The number of hydrogen-bond donors (Lipinski definition) is 0. The summed E-state index contributed by atoms with van der Waals surface area (Å²) in [6.45, 7) is 0. The van der Waals surface area contributed by atoms with Gasteiger partial charge < -0.3 is 8.98 Å². The van der Waals surface area contributed by atoms with Gasteiger partial charge in [0.1, 0.15) is 11.2 Å². The lowest BCUT2D eigenvalue weighted by Gasteiger charge is -2.10. The third-order valence-corrected chi connectivity index (χ3v) is 9.63. The molecule has 234 valence electrons. The molecule has 0 bridgehead atoms. The Hall–Kier alpha value is -6.78. The number of nitrogens with zero attached hydrogens (tertiary/aromatic N) is 3. The summed E-state index contributed by atoms with van der Waals surface area (Å²) in [5, 5.41) is 4.61. The first-order valence-corrected chi connectivity index (χ1v) is 16.8. The maximum absolute atomic E-state index is 6.75. The molecule has 4 heteroatoms. The van der Waals surface area contributed by atoms with Crippen LogP contribution in [0.5, 0.6) is 0 Å². The van der Waals surface area contributed by atoms with E-state index in [-0.39, 0.29) is 0 Å². The van der Waals surface area contributed by atoms with Crippen molar-refractivity contribution in [3.63, 3.8) is 0 Å². The van der Waals surface area contributed by atoms with Crippen molar-refractivity contribution in [3.05, 3.63) is 176 Å². The highest BCUT2D eigenvalue weighted by molar-refractivity contribution is 6.16. The highest BCUT2D eigenvalue weighted by atomic mass is 16.3. The largest absolute Gasteiger partial charge is 0.455 e. The Morgan fingerprint density at radius 3 is 1.88 bits per heavy atom. The van der Waals surface area contributed by atoms with Crippen LogP contribution in [-0.4, -0.2) is 14.5 Å². The fourth-order valence-electron chi connectivity index (χ4n) is 7.34. The van der Waals surface area contributed by atoms with Crippen molar-refractivity contribution in [3.8, 4) is 50.7 Å². The van der Waals surface area contributed by atoms with E-state index in [1.807, 2.05) is 36.4 Å². The monoisotopic (exact) mass is 639 g/mol. The molecular formula is C46H29N3O. The molecule has 0 fully saturated rings. The van der Waals surface area contributed by atoms with Crippen molar-refractivity contribution < 1.29 is 4.42 Å². The molecule has 0 atom stereocenters. The lowest BCUT2D eigenvalue weighted by atomic mass is 9.97. The van der Waals surface area contributed by atoms with Gasteiger partial charge in [0.2, 0.25) is 0 Å². The first kappa shape index (κ1) is 28.3. The highest BCUT2D eigenvalue weighted by Crippen LogP contribution is 2.42. The summed E-state index contributed by atoms with van der Waals surface area (Å²) in [5.41, 5.74) is 12.0. The van der Waals surface area contributed by atoms with Crippen molar-refractivity contribution in [2.75, 3.05) is 0 Å². The highest BCUT2D eigenvalue weighted by Gasteiger charge is 2.20. The van der Waals surface area contributed by atoms with Gasteiger partial charge in [0.15, 0.2) is 5.82 Å². The van der Waals surface area contributed by atoms with E-state index in [9.17, 15) is 0 Å². The maximum Gasteiger partial charge on any atom is 0.160 e. The Kier molecular flexibility index (Phi) is 6.46. The van der Waals surface area contributed by atoms with Gasteiger partial charge in [0.25, 0.3) is 0 Å². The lowest BCUT2D eigenvalue weighted by molar-refractivity contribution is 0.670. The van der Waals surface area contributed by atoms with Gasteiger partial charge in [-0.3, -0.25) is 0 Å². The van der Waals surface area contributed by atoms with Crippen LogP contribution in [0.15, 0.2) is 180 Å². The molecule has 0 saturated heterocycles. The van der Waals surface area contributed by atoms with Gasteiger partial charge in [-0.25, -0.2) is 9.97 Å². The molecule has 3 heterocycles. The van der Waals surface area contributed by atoms with E-state index in [2.05, 4.69) is 144 Å². The third kappa shape index (κ3) is 4.54. The minimum absolute atomic E-state index is 0.679. The summed E-state index contributed by atoms with van der Waals surface area (Å²) in [5.74, 6) is 0.679. The number of benzene rings is 7. The molecular weight excluding hydrogens is 611 g/mol.